The SMILES string of the molecule is O=C(O)C[C@H]1O[C@H](c2ccc3c(c2Cl)OCCO3)c2cc(Cl)ccc2-n2c1nnc2C(F)(F)F. The minimum Gasteiger partial charge on any atom is -0.486 e. The lowest BCUT2D eigenvalue weighted by Gasteiger charge is -2.26. The van der Waals surface area contributed by atoms with E-state index in [9.17, 15) is 23.1 Å². The molecular formula is C21H14Cl2F3N3O5. The molecule has 0 saturated heterocycles. The van der Waals surface area contributed by atoms with E-state index in [0.717, 1.165) is 4.57 Å². The molecule has 178 valence electrons. The number of fused-ring (bicyclic) bond motifs is 4. The molecule has 0 saturated carbocycles. The van der Waals surface area contributed by atoms with E-state index in [1.807, 2.05) is 0 Å². The van der Waals surface area contributed by atoms with E-state index in [4.69, 9.17) is 37.4 Å². The summed E-state index contributed by atoms with van der Waals surface area (Å²) in [5.74, 6) is -2.27. The Bertz CT molecular complexity index is 1300. The molecule has 34 heavy (non-hydrogen) atoms. The Morgan fingerprint density at radius 2 is 1.88 bits per heavy atom. The first-order valence-electron chi connectivity index (χ1n) is 9.92. The number of carbonyl (C=O) groups is 1. The molecule has 0 bridgehead atoms. The van der Waals surface area contributed by atoms with Crippen LogP contribution in [0.4, 0.5) is 13.2 Å². The number of rotatable bonds is 3. The molecular weight excluding hydrogens is 502 g/mol. The molecule has 13 heteroatoms. The molecule has 0 radical (unpaired) electrons. The number of aromatic nitrogens is 3. The summed E-state index contributed by atoms with van der Waals surface area (Å²) in [6.45, 7) is 0.581. The van der Waals surface area contributed by atoms with Crippen molar-refractivity contribution in [3.05, 3.63) is 63.2 Å². The Morgan fingerprint density at radius 3 is 2.62 bits per heavy atom. The maximum atomic E-state index is 13.8. The first-order valence-corrected chi connectivity index (χ1v) is 10.7. The fraction of sp³-hybridized carbons (Fsp3) is 0.286. The molecule has 3 heterocycles. The zero-order valence-electron chi connectivity index (χ0n) is 17.0. The molecule has 2 atom stereocenters. The van der Waals surface area contributed by atoms with Gasteiger partial charge in [-0.05, 0) is 24.3 Å². The molecule has 2 aromatic carbocycles. The van der Waals surface area contributed by atoms with Gasteiger partial charge < -0.3 is 19.3 Å². The lowest BCUT2D eigenvalue weighted by Crippen LogP contribution is -2.18. The van der Waals surface area contributed by atoms with Crippen molar-refractivity contribution in [2.45, 2.75) is 24.8 Å². The van der Waals surface area contributed by atoms with Crippen molar-refractivity contribution in [1.29, 1.82) is 0 Å². The van der Waals surface area contributed by atoms with Gasteiger partial charge >= 0.3 is 12.1 Å². The van der Waals surface area contributed by atoms with Crippen molar-refractivity contribution in [3.8, 4) is 17.2 Å². The molecule has 3 aromatic rings. The highest BCUT2D eigenvalue weighted by Gasteiger charge is 2.44. The van der Waals surface area contributed by atoms with Crippen LogP contribution in [0, 0.1) is 0 Å². The average Bonchev–Trinajstić information content (AvgIpc) is 3.18. The minimum atomic E-state index is -4.87. The topological polar surface area (TPSA) is 95.7 Å². The first kappa shape index (κ1) is 22.8. The fourth-order valence-corrected chi connectivity index (χ4v) is 4.49. The van der Waals surface area contributed by atoms with Gasteiger partial charge in [-0.2, -0.15) is 13.2 Å². The molecule has 0 unspecified atom stereocenters. The summed E-state index contributed by atoms with van der Waals surface area (Å²) in [5.41, 5.74) is 0.572. The number of alkyl halides is 3. The molecule has 8 nitrogen and oxygen atoms in total. The lowest BCUT2D eigenvalue weighted by atomic mass is 9.98. The smallest absolute Gasteiger partial charge is 0.452 e. The van der Waals surface area contributed by atoms with Crippen LogP contribution in [0.2, 0.25) is 10.0 Å². The van der Waals surface area contributed by atoms with Gasteiger partial charge in [-0.15, -0.1) is 10.2 Å². The van der Waals surface area contributed by atoms with Crippen molar-refractivity contribution < 1.29 is 37.3 Å². The van der Waals surface area contributed by atoms with E-state index in [1.165, 1.54) is 18.2 Å². The normalized spacial score (nSPS) is 19.2. The van der Waals surface area contributed by atoms with Crippen LogP contribution in [0.15, 0.2) is 30.3 Å². The molecule has 0 aliphatic carbocycles. The van der Waals surface area contributed by atoms with Crippen molar-refractivity contribution in [2.24, 2.45) is 0 Å². The summed E-state index contributed by atoms with van der Waals surface area (Å²) in [6, 6.07) is 7.39. The van der Waals surface area contributed by atoms with E-state index in [1.54, 1.807) is 12.1 Å². The summed E-state index contributed by atoms with van der Waals surface area (Å²) in [7, 11) is 0. The van der Waals surface area contributed by atoms with Gasteiger partial charge in [0.15, 0.2) is 17.3 Å². The Kier molecular flexibility index (Phi) is 5.58. The van der Waals surface area contributed by atoms with Crippen molar-refractivity contribution in [1.82, 2.24) is 14.8 Å². The third kappa shape index (κ3) is 3.83. The Hall–Kier alpha value is -3.02. The van der Waals surface area contributed by atoms with Crippen molar-refractivity contribution in [3.63, 3.8) is 0 Å². The summed E-state index contributed by atoms with van der Waals surface area (Å²) < 4.78 is 59.5. The van der Waals surface area contributed by atoms with Gasteiger partial charge in [0.25, 0.3) is 0 Å². The molecule has 0 amide bonds. The van der Waals surface area contributed by atoms with Gasteiger partial charge in [0, 0.05) is 16.1 Å². The van der Waals surface area contributed by atoms with Crippen molar-refractivity contribution in [2.75, 3.05) is 13.2 Å². The summed E-state index contributed by atoms with van der Waals surface area (Å²) in [5, 5.41) is 16.7. The summed E-state index contributed by atoms with van der Waals surface area (Å²) in [4.78, 5) is 11.6. The molecule has 5 rings (SSSR count). The maximum Gasteiger partial charge on any atom is 0.452 e. The number of hydrogen-bond acceptors (Lipinski definition) is 6. The molecule has 2 aliphatic heterocycles. The van der Waals surface area contributed by atoms with Crippen LogP contribution < -0.4 is 9.47 Å². The molecule has 1 aromatic heterocycles. The Labute approximate surface area is 199 Å². The second-order valence-electron chi connectivity index (χ2n) is 7.51. The maximum absolute atomic E-state index is 13.8. The van der Waals surface area contributed by atoms with E-state index in [-0.39, 0.29) is 39.5 Å². The van der Waals surface area contributed by atoms with E-state index in [0.29, 0.717) is 17.9 Å². The molecule has 2 aliphatic rings. The van der Waals surface area contributed by atoms with Gasteiger partial charge in [-0.1, -0.05) is 29.3 Å². The highest BCUT2D eigenvalue weighted by atomic mass is 35.5. The van der Waals surface area contributed by atoms with Crippen LogP contribution in [-0.2, 0) is 15.7 Å². The van der Waals surface area contributed by atoms with Gasteiger partial charge in [0.1, 0.15) is 25.4 Å². The number of benzene rings is 2. The van der Waals surface area contributed by atoms with Crippen LogP contribution in [-0.4, -0.2) is 39.1 Å². The standard InChI is InChI=1S/C21H14Cl2F3N3O5/c22-9-1-3-12-11(7-9)17(10-2-4-13-18(16(10)23)33-6-5-32-13)34-14(8-15(30)31)19-27-28-20(29(12)19)21(24,25)26/h1-4,7,14,17H,5-6,8H2,(H,30,31)/t14-,17-/m1/s1. The van der Waals surface area contributed by atoms with Crippen LogP contribution in [0.25, 0.3) is 5.69 Å². The zero-order chi connectivity index (χ0) is 24.2. The number of carboxylic acids is 1. The largest absolute Gasteiger partial charge is 0.486 e. The monoisotopic (exact) mass is 515 g/mol. The van der Waals surface area contributed by atoms with E-state index >= 15 is 0 Å². The summed E-state index contributed by atoms with van der Waals surface area (Å²) >= 11 is 12.8. The number of halogens is 5. The van der Waals surface area contributed by atoms with Crippen LogP contribution >= 0.6 is 23.2 Å². The van der Waals surface area contributed by atoms with Gasteiger partial charge in [-0.3, -0.25) is 9.36 Å². The molecule has 0 fully saturated rings. The molecule has 0 spiro atoms. The number of ether oxygens (including phenoxy) is 3. The van der Waals surface area contributed by atoms with Gasteiger partial charge in [0.05, 0.1) is 17.1 Å². The number of nitrogens with zero attached hydrogens (tertiary/aromatic N) is 3. The van der Waals surface area contributed by atoms with E-state index < -0.39 is 36.6 Å². The number of aliphatic carboxylic acids is 1. The zero-order valence-corrected chi connectivity index (χ0v) is 18.5. The quantitative estimate of drug-likeness (QED) is 0.524. The van der Waals surface area contributed by atoms with Gasteiger partial charge in [0.2, 0.25) is 5.82 Å². The second kappa shape index (κ2) is 8.33. The predicted octanol–water partition coefficient (Wildman–Crippen LogP) is 5.00. The van der Waals surface area contributed by atoms with E-state index in [2.05, 4.69) is 10.2 Å². The third-order valence-electron chi connectivity index (χ3n) is 5.36. The predicted molar refractivity (Wildman–Crippen MR) is 112 cm³/mol. The number of hydrogen-bond donors (Lipinski definition) is 1. The Balaban J connectivity index is 1.76. The highest BCUT2D eigenvalue weighted by Crippen LogP contribution is 2.48. The minimum absolute atomic E-state index is 0.0283. The fourth-order valence-electron chi connectivity index (χ4n) is 4.00. The molecule has 1 N–H and O–H groups in total. The lowest BCUT2D eigenvalue weighted by molar-refractivity contribution is -0.146. The average molecular weight is 516 g/mol. The number of carboxylic acid groups (broad SMARTS) is 1. The third-order valence-corrected chi connectivity index (χ3v) is 5.99. The van der Waals surface area contributed by atoms with Gasteiger partial charge in [-0.25, -0.2) is 0 Å². The Morgan fingerprint density at radius 1 is 1.12 bits per heavy atom. The first-order chi connectivity index (χ1) is 16.1. The highest BCUT2D eigenvalue weighted by molar-refractivity contribution is 6.33. The second-order valence-corrected chi connectivity index (χ2v) is 8.33. The van der Waals surface area contributed by atoms with Crippen LogP contribution in [0.3, 0.4) is 0 Å². The summed E-state index contributed by atoms with van der Waals surface area (Å²) in [6.07, 6.45) is -8.04. The van der Waals surface area contributed by atoms with Crippen LogP contribution in [0.5, 0.6) is 11.5 Å². The van der Waals surface area contributed by atoms with Crippen LogP contribution in [0.1, 0.15) is 41.4 Å². The van der Waals surface area contributed by atoms with Crippen molar-refractivity contribution >= 4 is 29.2 Å².